The Morgan fingerprint density at radius 3 is 2.59 bits per heavy atom. The van der Waals surface area contributed by atoms with Gasteiger partial charge in [-0.2, -0.15) is 0 Å². The molecule has 156 valence electrons. The number of carbonyl (C=O) groups is 1. The van der Waals surface area contributed by atoms with Gasteiger partial charge in [0.05, 0.1) is 13.7 Å². The zero-order valence-electron chi connectivity index (χ0n) is 17.5. The number of hydrogen-bond acceptors (Lipinski definition) is 5. The van der Waals surface area contributed by atoms with E-state index in [1.54, 1.807) is 11.0 Å². The van der Waals surface area contributed by atoms with Crippen LogP contribution < -0.4 is 4.74 Å². The van der Waals surface area contributed by atoms with Crippen molar-refractivity contribution in [2.75, 3.05) is 13.7 Å². The number of amidine groups is 1. The highest BCUT2D eigenvalue weighted by Crippen LogP contribution is 2.39. The van der Waals surface area contributed by atoms with E-state index in [2.05, 4.69) is 4.98 Å². The van der Waals surface area contributed by atoms with Gasteiger partial charge in [0.25, 0.3) is 0 Å². The molecule has 2 heterocycles. The number of methoxy groups -OCH3 is 1. The summed E-state index contributed by atoms with van der Waals surface area (Å²) in [5.41, 5.74) is 3.44. The van der Waals surface area contributed by atoms with Gasteiger partial charge < -0.3 is 14.7 Å². The monoisotopic (exact) mass is 461 g/mol. The minimum absolute atomic E-state index is 0. The summed E-state index contributed by atoms with van der Waals surface area (Å²) in [5.74, 6) is 0.457. The quantitative estimate of drug-likeness (QED) is 0.649. The maximum absolute atomic E-state index is 12.9. The summed E-state index contributed by atoms with van der Waals surface area (Å²) in [7, 11) is 1.51. The highest BCUT2D eigenvalue weighted by molar-refractivity contribution is 8.93. The van der Waals surface area contributed by atoms with Gasteiger partial charge in [-0.15, -0.1) is 17.0 Å². The van der Waals surface area contributed by atoms with Crippen LogP contribution in [0.3, 0.4) is 0 Å². The van der Waals surface area contributed by atoms with Crippen LogP contribution in [0.1, 0.15) is 60.6 Å². The Kier molecular flexibility index (Phi) is 6.73. The fraction of sp³-hybridized carbons (Fsp3) is 0.409. The van der Waals surface area contributed by atoms with Crippen LogP contribution in [0.5, 0.6) is 11.5 Å². The zero-order valence-corrected chi connectivity index (χ0v) is 19.2. The maximum atomic E-state index is 12.9. The zero-order chi connectivity index (χ0) is 20.6. The first-order chi connectivity index (χ1) is 13.2. The average Bonchev–Trinajstić information content (AvgIpc) is 2.95. The molecule has 0 saturated heterocycles. The van der Waals surface area contributed by atoms with Gasteiger partial charge in [-0.3, -0.25) is 10.2 Å². The second-order valence-electron chi connectivity index (χ2n) is 8.12. The van der Waals surface area contributed by atoms with Crippen molar-refractivity contribution in [3.05, 3.63) is 52.3 Å². The van der Waals surface area contributed by atoms with E-state index < -0.39 is 0 Å². The normalized spacial score (nSPS) is 13.1. The molecule has 0 saturated carbocycles. The topological polar surface area (TPSA) is 86.5 Å². The van der Waals surface area contributed by atoms with Gasteiger partial charge in [-0.1, -0.05) is 33.8 Å². The smallest absolute Gasteiger partial charge is 0.182 e. The lowest BCUT2D eigenvalue weighted by Crippen LogP contribution is -2.30. The van der Waals surface area contributed by atoms with Crippen molar-refractivity contribution in [3.8, 4) is 11.5 Å². The standard InChI is InChI=1S/C22H27N3O3.BrH/c1-6-15-8-7-13-11-25(21(23)19(13)24-15)12-18(27)14-9-16(22(2,3)4)20(28-5)17(26)10-14;/h7-10,23,26H,6,11-12H2,1-5H3;1H. The molecule has 1 aromatic carbocycles. The number of phenolic OH excluding ortho intramolecular Hbond substituents is 1. The molecule has 29 heavy (non-hydrogen) atoms. The lowest BCUT2D eigenvalue weighted by molar-refractivity contribution is 0.0962. The third-order valence-electron chi connectivity index (χ3n) is 5.04. The lowest BCUT2D eigenvalue weighted by Gasteiger charge is -2.24. The van der Waals surface area contributed by atoms with Gasteiger partial charge >= 0.3 is 0 Å². The van der Waals surface area contributed by atoms with E-state index in [1.807, 2.05) is 39.8 Å². The first-order valence-corrected chi connectivity index (χ1v) is 9.43. The highest BCUT2D eigenvalue weighted by atomic mass is 79.9. The predicted molar refractivity (Wildman–Crippen MR) is 119 cm³/mol. The van der Waals surface area contributed by atoms with E-state index in [1.165, 1.54) is 13.2 Å². The van der Waals surface area contributed by atoms with Crippen molar-refractivity contribution < 1.29 is 14.6 Å². The Labute approximate surface area is 182 Å². The molecule has 0 spiro atoms. The summed E-state index contributed by atoms with van der Waals surface area (Å²) in [6, 6.07) is 7.17. The van der Waals surface area contributed by atoms with Gasteiger partial charge in [0, 0.05) is 28.9 Å². The molecule has 3 rings (SSSR count). The third kappa shape index (κ3) is 4.45. The number of halogens is 1. The Balaban J connectivity index is 0.00000300. The molecule has 0 atom stereocenters. The van der Waals surface area contributed by atoms with Crippen molar-refractivity contribution in [1.82, 2.24) is 9.88 Å². The van der Waals surface area contributed by atoms with Crippen LogP contribution in [0, 0.1) is 5.41 Å². The van der Waals surface area contributed by atoms with Crippen LogP contribution in [-0.2, 0) is 18.4 Å². The van der Waals surface area contributed by atoms with Gasteiger partial charge in [0.1, 0.15) is 11.5 Å². The maximum Gasteiger partial charge on any atom is 0.182 e. The minimum Gasteiger partial charge on any atom is -0.504 e. The fourth-order valence-electron chi connectivity index (χ4n) is 3.44. The summed E-state index contributed by atoms with van der Waals surface area (Å²) in [6.07, 6.45) is 0.806. The number of pyridine rings is 1. The molecule has 1 aromatic heterocycles. The van der Waals surface area contributed by atoms with Crippen molar-refractivity contribution in [2.24, 2.45) is 0 Å². The third-order valence-corrected chi connectivity index (χ3v) is 5.04. The molecule has 7 heteroatoms. The number of benzene rings is 1. The Morgan fingerprint density at radius 1 is 1.31 bits per heavy atom. The van der Waals surface area contributed by atoms with Crippen molar-refractivity contribution in [1.29, 1.82) is 5.41 Å². The first kappa shape index (κ1) is 22.9. The van der Waals surface area contributed by atoms with Gasteiger partial charge in [-0.25, -0.2) is 4.98 Å². The van der Waals surface area contributed by atoms with Gasteiger partial charge in [-0.05, 0) is 30.0 Å². The van der Waals surface area contributed by atoms with Crippen LogP contribution in [0.4, 0.5) is 0 Å². The number of aryl methyl sites for hydroxylation is 1. The number of hydrogen-bond donors (Lipinski definition) is 2. The number of aromatic hydroxyl groups is 1. The number of fused-ring (bicyclic) bond motifs is 1. The SMILES string of the molecule is Br.CCc1ccc2c(n1)C(=N)N(CC(=O)c1cc(O)c(OC)c(C(C)(C)C)c1)C2. The summed E-state index contributed by atoms with van der Waals surface area (Å²) < 4.78 is 5.34. The lowest BCUT2D eigenvalue weighted by atomic mass is 9.84. The van der Waals surface area contributed by atoms with E-state index in [9.17, 15) is 9.90 Å². The first-order valence-electron chi connectivity index (χ1n) is 9.43. The fourth-order valence-corrected chi connectivity index (χ4v) is 3.44. The molecule has 0 unspecified atom stereocenters. The molecule has 0 aliphatic carbocycles. The molecule has 6 nitrogen and oxygen atoms in total. The number of nitrogens with zero attached hydrogens (tertiary/aromatic N) is 2. The molecule has 0 bridgehead atoms. The molecule has 1 aliphatic rings. The summed E-state index contributed by atoms with van der Waals surface area (Å²) in [6.45, 7) is 8.59. The predicted octanol–water partition coefficient (Wildman–Crippen LogP) is 4.26. The number of phenols is 1. The van der Waals surface area contributed by atoms with Crippen LogP contribution in [0.15, 0.2) is 24.3 Å². The van der Waals surface area contributed by atoms with Crippen molar-refractivity contribution >= 4 is 28.6 Å². The second-order valence-corrected chi connectivity index (χ2v) is 8.12. The number of ether oxygens (including phenoxy) is 1. The van der Waals surface area contributed by atoms with Gasteiger partial charge in [0.15, 0.2) is 17.3 Å². The van der Waals surface area contributed by atoms with E-state index in [4.69, 9.17) is 10.1 Å². The number of ketones is 1. The number of carbonyl (C=O) groups excluding carboxylic acids is 1. The number of Topliss-reactive ketones (excluding diaryl/α,β-unsaturated/α-hetero) is 1. The number of rotatable bonds is 5. The number of aromatic nitrogens is 1. The average molecular weight is 462 g/mol. The van der Waals surface area contributed by atoms with Gasteiger partial charge in [0.2, 0.25) is 0 Å². The van der Waals surface area contributed by atoms with Crippen molar-refractivity contribution in [3.63, 3.8) is 0 Å². The van der Waals surface area contributed by atoms with E-state index in [-0.39, 0.29) is 46.3 Å². The van der Waals surface area contributed by atoms with Crippen molar-refractivity contribution in [2.45, 2.75) is 46.1 Å². The Morgan fingerprint density at radius 2 is 2.00 bits per heavy atom. The van der Waals surface area contributed by atoms with Crippen LogP contribution >= 0.6 is 17.0 Å². The minimum atomic E-state index is -0.295. The molecule has 0 fully saturated rings. The number of nitrogens with one attached hydrogen (secondary N) is 1. The van der Waals surface area contributed by atoms with E-state index in [0.29, 0.717) is 23.6 Å². The summed E-state index contributed by atoms with van der Waals surface area (Å²) >= 11 is 0. The Hall–Kier alpha value is -2.41. The molecule has 2 aromatic rings. The largest absolute Gasteiger partial charge is 0.504 e. The summed E-state index contributed by atoms with van der Waals surface area (Å²) in [5, 5.41) is 18.8. The van der Waals surface area contributed by atoms with E-state index >= 15 is 0 Å². The molecule has 2 N–H and O–H groups in total. The molecular weight excluding hydrogens is 434 g/mol. The van der Waals surface area contributed by atoms with E-state index in [0.717, 1.165) is 23.2 Å². The summed E-state index contributed by atoms with van der Waals surface area (Å²) in [4.78, 5) is 19.2. The molecule has 0 amide bonds. The second kappa shape index (κ2) is 8.53. The molecule has 1 aliphatic heterocycles. The Bertz CT molecular complexity index is 951. The highest BCUT2D eigenvalue weighted by Gasteiger charge is 2.29. The molecule has 0 radical (unpaired) electrons. The molecular formula is C22H28BrN3O3. The van der Waals surface area contributed by atoms with Crippen LogP contribution in [0.25, 0.3) is 0 Å². The van der Waals surface area contributed by atoms with Crippen LogP contribution in [-0.4, -0.2) is 40.3 Å². The van der Waals surface area contributed by atoms with Crippen LogP contribution in [0.2, 0.25) is 0 Å².